The van der Waals surface area contributed by atoms with Gasteiger partial charge in [-0.2, -0.15) is 13.2 Å². The van der Waals surface area contributed by atoms with Crippen LogP contribution in [-0.2, 0) is 11.5 Å². The largest absolute Gasteiger partial charge is 0.418 e. The molecular formula is C8H4BrClF5N. The molecule has 0 amide bonds. The Bertz CT molecular complexity index is 393. The van der Waals surface area contributed by atoms with Crippen LogP contribution in [-0.4, -0.2) is 4.98 Å². The first-order chi connectivity index (χ1) is 7.29. The molecule has 0 saturated carbocycles. The normalized spacial score (nSPS) is 12.2. The smallest absolute Gasteiger partial charge is 0.258 e. The van der Waals surface area contributed by atoms with Crippen molar-refractivity contribution < 1.29 is 22.0 Å². The number of halogens is 7. The third kappa shape index (κ3) is 2.63. The minimum atomic E-state index is -4.93. The Hall–Kier alpha value is -0.430. The van der Waals surface area contributed by atoms with Gasteiger partial charge < -0.3 is 0 Å². The summed E-state index contributed by atoms with van der Waals surface area (Å²) in [6, 6.07) is 0. The first kappa shape index (κ1) is 13.6. The maximum absolute atomic E-state index is 12.5. The average Bonchev–Trinajstić information content (AvgIpc) is 2.14. The number of hydrogen-bond donors (Lipinski definition) is 0. The quantitative estimate of drug-likeness (QED) is 0.573. The lowest BCUT2D eigenvalue weighted by molar-refractivity contribution is -0.139. The Morgan fingerprint density at radius 1 is 1.38 bits per heavy atom. The molecule has 0 saturated heterocycles. The highest BCUT2D eigenvalue weighted by atomic mass is 79.9. The van der Waals surface area contributed by atoms with E-state index in [9.17, 15) is 22.0 Å². The van der Waals surface area contributed by atoms with E-state index in [1.165, 1.54) is 0 Å². The van der Waals surface area contributed by atoms with Crippen LogP contribution in [0.25, 0.3) is 0 Å². The fourth-order valence-corrected chi connectivity index (χ4v) is 2.00. The van der Waals surface area contributed by atoms with E-state index in [1.54, 1.807) is 0 Å². The first-order valence-electron chi connectivity index (χ1n) is 3.87. The van der Waals surface area contributed by atoms with Gasteiger partial charge in [-0.25, -0.2) is 8.78 Å². The topological polar surface area (TPSA) is 12.9 Å². The van der Waals surface area contributed by atoms with Crippen LogP contribution in [0.3, 0.4) is 0 Å². The maximum Gasteiger partial charge on any atom is 0.418 e. The number of rotatable bonds is 2. The van der Waals surface area contributed by atoms with Gasteiger partial charge in [0.2, 0.25) is 0 Å². The predicted octanol–water partition coefficient (Wildman–Crippen LogP) is 4.59. The maximum atomic E-state index is 12.5. The van der Waals surface area contributed by atoms with Crippen LogP contribution in [0.15, 0.2) is 6.20 Å². The van der Waals surface area contributed by atoms with Gasteiger partial charge in [0.05, 0.1) is 16.3 Å². The molecule has 0 atom stereocenters. The van der Waals surface area contributed by atoms with Crippen LogP contribution in [0.4, 0.5) is 22.0 Å². The lowest BCUT2D eigenvalue weighted by Gasteiger charge is -2.15. The molecule has 1 aromatic heterocycles. The summed E-state index contributed by atoms with van der Waals surface area (Å²) in [6.45, 7) is 0. The number of pyridine rings is 1. The second-order valence-corrected chi connectivity index (χ2v) is 3.72. The lowest BCUT2D eigenvalue weighted by Crippen LogP contribution is -2.12. The number of nitrogens with zero attached hydrogens (tertiary/aromatic N) is 1. The molecule has 1 heterocycles. The molecule has 0 radical (unpaired) electrons. The fraction of sp³-hybridized carbons (Fsp3) is 0.375. The summed E-state index contributed by atoms with van der Waals surface area (Å²) in [7, 11) is 0. The van der Waals surface area contributed by atoms with Crippen molar-refractivity contribution in [3.63, 3.8) is 0 Å². The van der Waals surface area contributed by atoms with Gasteiger partial charge in [0.25, 0.3) is 6.43 Å². The zero-order chi connectivity index (χ0) is 12.5. The highest BCUT2D eigenvalue weighted by molar-refractivity contribution is 9.08. The van der Waals surface area contributed by atoms with Crippen molar-refractivity contribution in [1.29, 1.82) is 0 Å². The minimum Gasteiger partial charge on any atom is -0.258 e. The van der Waals surface area contributed by atoms with Gasteiger partial charge >= 0.3 is 6.18 Å². The second-order valence-electron chi connectivity index (χ2n) is 2.78. The molecule has 0 aromatic carbocycles. The van der Waals surface area contributed by atoms with E-state index >= 15 is 0 Å². The highest BCUT2D eigenvalue weighted by Crippen LogP contribution is 2.41. The molecule has 0 bridgehead atoms. The molecule has 8 heteroatoms. The van der Waals surface area contributed by atoms with Gasteiger partial charge in [0.1, 0.15) is 0 Å². The van der Waals surface area contributed by atoms with E-state index in [4.69, 9.17) is 11.6 Å². The lowest BCUT2D eigenvalue weighted by atomic mass is 10.1. The second kappa shape index (κ2) is 4.83. The Balaban J connectivity index is 3.50. The molecule has 0 aliphatic rings. The molecule has 0 aliphatic carbocycles. The summed E-state index contributed by atoms with van der Waals surface area (Å²) in [6.07, 6.45) is -7.70. The van der Waals surface area contributed by atoms with Crippen molar-refractivity contribution in [2.24, 2.45) is 0 Å². The molecule has 1 aromatic rings. The average molecular weight is 324 g/mol. The van der Waals surface area contributed by atoms with Crippen molar-refractivity contribution in [3.05, 3.63) is 28.0 Å². The molecule has 0 spiro atoms. The zero-order valence-corrected chi connectivity index (χ0v) is 9.80. The molecule has 1 rings (SSSR count). The molecule has 1 nitrogen and oxygen atoms in total. The first-order valence-corrected chi connectivity index (χ1v) is 5.37. The molecular weight excluding hydrogens is 320 g/mol. The van der Waals surface area contributed by atoms with Crippen molar-refractivity contribution in [1.82, 2.24) is 4.98 Å². The van der Waals surface area contributed by atoms with E-state index in [1.807, 2.05) is 0 Å². The van der Waals surface area contributed by atoms with Crippen LogP contribution < -0.4 is 0 Å². The Kier molecular flexibility index (Phi) is 4.12. The van der Waals surface area contributed by atoms with Gasteiger partial charge in [-0.3, -0.25) is 4.98 Å². The zero-order valence-electron chi connectivity index (χ0n) is 7.45. The van der Waals surface area contributed by atoms with Crippen LogP contribution >= 0.6 is 27.5 Å². The van der Waals surface area contributed by atoms with Gasteiger partial charge in [-0.15, -0.1) is 0 Å². The third-order valence-corrected chi connectivity index (χ3v) is 2.70. The van der Waals surface area contributed by atoms with Gasteiger partial charge in [0, 0.05) is 17.1 Å². The van der Waals surface area contributed by atoms with Crippen molar-refractivity contribution in [2.75, 3.05) is 0 Å². The van der Waals surface area contributed by atoms with Gasteiger partial charge in [-0.05, 0) is 0 Å². The van der Waals surface area contributed by atoms with Crippen LogP contribution in [0.2, 0.25) is 5.02 Å². The van der Waals surface area contributed by atoms with E-state index in [0.717, 1.165) is 0 Å². The summed E-state index contributed by atoms with van der Waals surface area (Å²) in [5.41, 5.74) is -2.85. The third-order valence-electron chi connectivity index (χ3n) is 1.77. The molecule has 90 valence electrons. The molecule has 0 N–H and O–H groups in total. The monoisotopic (exact) mass is 323 g/mol. The number of hydrogen-bond acceptors (Lipinski definition) is 1. The minimum absolute atomic E-state index is 0.0432. The van der Waals surface area contributed by atoms with Crippen LogP contribution in [0.5, 0.6) is 0 Å². The molecule has 16 heavy (non-hydrogen) atoms. The standard InChI is InChI=1S/C8H4BrClF5N/c9-1-4-6(10)5(8(13,14)15)3(2-16-4)7(11)12/h2,7H,1H2. The molecule has 0 unspecified atom stereocenters. The van der Waals surface area contributed by atoms with Gasteiger partial charge in [0.15, 0.2) is 0 Å². The summed E-state index contributed by atoms with van der Waals surface area (Å²) in [5, 5.41) is -0.833. The number of alkyl halides is 6. The Morgan fingerprint density at radius 3 is 2.31 bits per heavy atom. The van der Waals surface area contributed by atoms with E-state index in [-0.39, 0.29) is 11.0 Å². The summed E-state index contributed by atoms with van der Waals surface area (Å²) >= 11 is 8.27. The van der Waals surface area contributed by atoms with Crippen molar-refractivity contribution in [2.45, 2.75) is 17.9 Å². The van der Waals surface area contributed by atoms with E-state index in [0.29, 0.717) is 6.20 Å². The number of aromatic nitrogens is 1. The predicted molar refractivity (Wildman–Crippen MR) is 51.8 cm³/mol. The molecule has 0 fully saturated rings. The SMILES string of the molecule is FC(F)c1cnc(CBr)c(Cl)c1C(F)(F)F. The summed E-state index contributed by atoms with van der Waals surface area (Å²) in [5.74, 6) is 0. The molecule has 0 aliphatic heterocycles. The van der Waals surface area contributed by atoms with E-state index in [2.05, 4.69) is 20.9 Å². The summed E-state index contributed by atoms with van der Waals surface area (Å²) < 4.78 is 62.3. The van der Waals surface area contributed by atoms with E-state index < -0.39 is 28.8 Å². The van der Waals surface area contributed by atoms with Crippen LogP contribution in [0.1, 0.15) is 23.2 Å². The highest BCUT2D eigenvalue weighted by Gasteiger charge is 2.39. The van der Waals surface area contributed by atoms with Crippen molar-refractivity contribution in [3.8, 4) is 0 Å². The van der Waals surface area contributed by atoms with Crippen LogP contribution in [0, 0.1) is 0 Å². The Morgan fingerprint density at radius 2 is 1.94 bits per heavy atom. The Labute approximate surface area is 101 Å². The van der Waals surface area contributed by atoms with Gasteiger partial charge in [-0.1, -0.05) is 27.5 Å². The fourth-order valence-electron chi connectivity index (χ4n) is 1.09. The summed E-state index contributed by atoms with van der Waals surface area (Å²) in [4.78, 5) is 3.43. The van der Waals surface area contributed by atoms with Crippen molar-refractivity contribution >= 4 is 27.5 Å².